The standard InChI is InChI=1S/C21H21ClN4O2/c1-14(27)25-10-12-26(13-11-25)21-19-17(8-5-9-18(19)28-2)23-20(24-21)15-6-3-4-7-16(15)22/h3-9H,10-13H2,1-2H3. The number of amides is 1. The molecule has 28 heavy (non-hydrogen) atoms. The topological polar surface area (TPSA) is 58.6 Å². The number of carbonyl (C=O) groups excluding carboxylic acids is 1. The van der Waals surface area contributed by atoms with Gasteiger partial charge in [0.15, 0.2) is 5.82 Å². The molecule has 144 valence electrons. The van der Waals surface area contributed by atoms with Crippen LogP contribution in [0, 0.1) is 0 Å². The van der Waals surface area contributed by atoms with Gasteiger partial charge in [0, 0.05) is 38.7 Å². The highest BCUT2D eigenvalue weighted by Gasteiger charge is 2.24. The second-order valence-corrected chi connectivity index (χ2v) is 7.11. The van der Waals surface area contributed by atoms with E-state index in [-0.39, 0.29) is 5.91 Å². The summed E-state index contributed by atoms with van der Waals surface area (Å²) in [5, 5.41) is 1.48. The molecule has 4 rings (SSSR count). The van der Waals surface area contributed by atoms with E-state index in [1.54, 1.807) is 14.0 Å². The van der Waals surface area contributed by atoms with Crippen LogP contribution in [0.4, 0.5) is 5.82 Å². The molecule has 1 aliphatic rings. The number of benzene rings is 2. The van der Waals surface area contributed by atoms with Crippen LogP contribution in [0.5, 0.6) is 5.75 Å². The lowest BCUT2D eigenvalue weighted by molar-refractivity contribution is -0.129. The molecule has 2 heterocycles. The second-order valence-electron chi connectivity index (χ2n) is 6.70. The van der Waals surface area contributed by atoms with Crippen molar-refractivity contribution in [1.29, 1.82) is 0 Å². The monoisotopic (exact) mass is 396 g/mol. The van der Waals surface area contributed by atoms with E-state index in [1.165, 1.54) is 0 Å². The number of nitrogens with zero attached hydrogens (tertiary/aromatic N) is 4. The minimum atomic E-state index is 0.0986. The average Bonchev–Trinajstić information content (AvgIpc) is 2.73. The number of ether oxygens (including phenoxy) is 1. The number of methoxy groups -OCH3 is 1. The van der Waals surface area contributed by atoms with Gasteiger partial charge in [-0.2, -0.15) is 0 Å². The van der Waals surface area contributed by atoms with Gasteiger partial charge in [0.25, 0.3) is 0 Å². The largest absolute Gasteiger partial charge is 0.496 e. The Labute approximate surface area is 168 Å². The van der Waals surface area contributed by atoms with E-state index >= 15 is 0 Å². The van der Waals surface area contributed by atoms with Crippen LogP contribution in [-0.2, 0) is 4.79 Å². The third kappa shape index (κ3) is 3.36. The van der Waals surface area contributed by atoms with Crippen LogP contribution >= 0.6 is 11.6 Å². The molecule has 1 fully saturated rings. The molecule has 0 unspecified atom stereocenters. The summed E-state index contributed by atoms with van der Waals surface area (Å²) in [6, 6.07) is 13.3. The molecule has 0 N–H and O–H groups in total. The van der Waals surface area contributed by atoms with E-state index in [1.807, 2.05) is 47.4 Å². The van der Waals surface area contributed by atoms with E-state index in [4.69, 9.17) is 26.3 Å². The summed E-state index contributed by atoms with van der Waals surface area (Å²) >= 11 is 6.40. The number of piperazine rings is 1. The molecule has 1 amide bonds. The number of halogens is 1. The highest BCUT2D eigenvalue weighted by Crippen LogP contribution is 2.36. The zero-order valence-electron chi connectivity index (χ0n) is 15.9. The van der Waals surface area contributed by atoms with Crippen molar-refractivity contribution in [3.05, 3.63) is 47.5 Å². The molecule has 0 atom stereocenters. The fraction of sp³-hybridized carbons (Fsp3) is 0.286. The van der Waals surface area contributed by atoms with E-state index in [0.29, 0.717) is 37.0 Å². The quantitative estimate of drug-likeness (QED) is 0.676. The van der Waals surface area contributed by atoms with Gasteiger partial charge in [-0.1, -0.05) is 29.8 Å². The Morgan fingerprint density at radius 1 is 1.04 bits per heavy atom. The van der Waals surface area contributed by atoms with Gasteiger partial charge in [0.1, 0.15) is 11.6 Å². The maximum atomic E-state index is 11.7. The summed E-state index contributed by atoms with van der Waals surface area (Å²) in [7, 11) is 1.65. The lowest BCUT2D eigenvalue weighted by Crippen LogP contribution is -2.48. The van der Waals surface area contributed by atoms with Crippen LogP contribution in [0.25, 0.3) is 22.3 Å². The zero-order chi connectivity index (χ0) is 19.7. The van der Waals surface area contributed by atoms with Crippen LogP contribution in [-0.4, -0.2) is 54.1 Å². The van der Waals surface area contributed by atoms with Gasteiger partial charge in [0.2, 0.25) is 5.91 Å². The first kappa shape index (κ1) is 18.5. The molecule has 6 nitrogen and oxygen atoms in total. The van der Waals surface area contributed by atoms with Crippen LogP contribution in [0.15, 0.2) is 42.5 Å². The lowest BCUT2D eigenvalue weighted by Gasteiger charge is -2.35. The van der Waals surface area contributed by atoms with Gasteiger partial charge in [0.05, 0.1) is 23.0 Å². The number of rotatable bonds is 3. The van der Waals surface area contributed by atoms with E-state index in [9.17, 15) is 4.79 Å². The smallest absolute Gasteiger partial charge is 0.219 e. The number of fused-ring (bicyclic) bond motifs is 1. The first-order chi connectivity index (χ1) is 13.6. The number of hydrogen-bond acceptors (Lipinski definition) is 5. The molecule has 3 aromatic rings. The van der Waals surface area contributed by atoms with Crippen LogP contribution in [0.3, 0.4) is 0 Å². The SMILES string of the molecule is COc1cccc2nc(-c3ccccc3Cl)nc(N3CCN(C(C)=O)CC3)c12. The molecule has 1 aliphatic heterocycles. The highest BCUT2D eigenvalue weighted by atomic mass is 35.5. The predicted octanol–water partition coefficient (Wildman–Crippen LogP) is 3.63. The van der Waals surface area contributed by atoms with Crippen molar-refractivity contribution in [3.63, 3.8) is 0 Å². The molecule has 0 radical (unpaired) electrons. The minimum absolute atomic E-state index is 0.0986. The molecular formula is C21H21ClN4O2. The average molecular weight is 397 g/mol. The Hall–Kier alpha value is -2.86. The zero-order valence-corrected chi connectivity index (χ0v) is 16.6. The van der Waals surface area contributed by atoms with Gasteiger partial charge in [-0.05, 0) is 24.3 Å². The van der Waals surface area contributed by atoms with Crippen LogP contribution in [0.2, 0.25) is 5.02 Å². The maximum absolute atomic E-state index is 11.7. The third-order valence-corrected chi connectivity index (χ3v) is 5.35. The van der Waals surface area contributed by atoms with E-state index in [0.717, 1.165) is 28.0 Å². The summed E-state index contributed by atoms with van der Waals surface area (Å²) in [6.45, 7) is 4.33. The van der Waals surface area contributed by atoms with Crippen molar-refractivity contribution in [2.24, 2.45) is 0 Å². The van der Waals surface area contributed by atoms with Gasteiger partial charge < -0.3 is 14.5 Å². The van der Waals surface area contributed by atoms with Gasteiger partial charge >= 0.3 is 0 Å². The van der Waals surface area contributed by atoms with Crippen molar-refractivity contribution in [1.82, 2.24) is 14.9 Å². The van der Waals surface area contributed by atoms with Crippen molar-refractivity contribution in [3.8, 4) is 17.1 Å². The van der Waals surface area contributed by atoms with Crippen LogP contribution in [0.1, 0.15) is 6.92 Å². The van der Waals surface area contributed by atoms with E-state index in [2.05, 4.69) is 4.90 Å². The summed E-state index contributed by atoms with van der Waals surface area (Å²) < 4.78 is 5.59. The van der Waals surface area contributed by atoms with E-state index < -0.39 is 0 Å². The fourth-order valence-corrected chi connectivity index (χ4v) is 3.75. The molecule has 1 saturated heterocycles. The number of aromatic nitrogens is 2. The minimum Gasteiger partial charge on any atom is -0.496 e. The van der Waals surface area contributed by atoms with Gasteiger partial charge in [-0.3, -0.25) is 4.79 Å². The van der Waals surface area contributed by atoms with Crippen molar-refractivity contribution in [2.75, 3.05) is 38.2 Å². The number of anilines is 1. The van der Waals surface area contributed by atoms with Crippen LogP contribution < -0.4 is 9.64 Å². The number of hydrogen-bond donors (Lipinski definition) is 0. The van der Waals surface area contributed by atoms with Gasteiger partial charge in [-0.15, -0.1) is 0 Å². The molecule has 7 heteroatoms. The molecular weight excluding hydrogens is 376 g/mol. The van der Waals surface area contributed by atoms with Gasteiger partial charge in [-0.25, -0.2) is 9.97 Å². The Bertz CT molecular complexity index is 1030. The normalized spacial score (nSPS) is 14.4. The Balaban J connectivity index is 1.85. The first-order valence-corrected chi connectivity index (χ1v) is 9.56. The Morgan fingerprint density at radius 3 is 2.46 bits per heavy atom. The van der Waals surface area contributed by atoms with Crippen molar-refractivity contribution >= 4 is 34.2 Å². The summed E-state index contributed by atoms with van der Waals surface area (Å²) in [5.74, 6) is 2.21. The molecule has 1 aromatic heterocycles. The maximum Gasteiger partial charge on any atom is 0.219 e. The molecule has 2 aromatic carbocycles. The summed E-state index contributed by atoms with van der Waals surface area (Å²) in [5.41, 5.74) is 1.59. The molecule has 0 saturated carbocycles. The lowest BCUT2D eigenvalue weighted by atomic mass is 10.1. The third-order valence-electron chi connectivity index (χ3n) is 5.03. The highest BCUT2D eigenvalue weighted by molar-refractivity contribution is 6.33. The molecule has 0 bridgehead atoms. The first-order valence-electron chi connectivity index (χ1n) is 9.18. The Kier molecular flexibility index (Phi) is 5.05. The summed E-state index contributed by atoms with van der Waals surface area (Å²) in [4.78, 5) is 25.3. The summed E-state index contributed by atoms with van der Waals surface area (Å²) in [6.07, 6.45) is 0. The number of carbonyl (C=O) groups is 1. The predicted molar refractivity (Wildman–Crippen MR) is 111 cm³/mol. The molecule has 0 spiro atoms. The van der Waals surface area contributed by atoms with Crippen molar-refractivity contribution < 1.29 is 9.53 Å². The fourth-order valence-electron chi connectivity index (χ4n) is 3.53. The Morgan fingerprint density at radius 2 is 1.79 bits per heavy atom. The van der Waals surface area contributed by atoms with Crippen molar-refractivity contribution in [2.45, 2.75) is 6.92 Å². The second kappa shape index (κ2) is 7.64. The molecule has 0 aliphatic carbocycles.